The molecule has 0 spiro atoms. The summed E-state index contributed by atoms with van der Waals surface area (Å²) < 4.78 is 7.03. The van der Waals surface area contributed by atoms with Gasteiger partial charge < -0.3 is 19.5 Å². The summed E-state index contributed by atoms with van der Waals surface area (Å²) in [6, 6.07) is 8.53. The molecule has 1 aromatic carbocycles. The predicted molar refractivity (Wildman–Crippen MR) is 99.6 cm³/mol. The van der Waals surface area contributed by atoms with E-state index < -0.39 is 0 Å². The Hall–Kier alpha value is -3.26. The zero-order chi connectivity index (χ0) is 18.8. The Morgan fingerprint density at radius 2 is 1.81 bits per heavy atom. The summed E-state index contributed by atoms with van der Waals surface area (Å²) in [5.74, 6) is -0.297. The molecule has 138 valence electrons. The smallest absolute Gasteiger partial charge is 0.258 e. The van der Waals surface area contributed by atoms with Gasteiger partial charge in [0.1, 0.15) is 5.52 Å². The van der Waals surface area contributed by atoms with Crippen molar-refractivity contribution in [2.75, 3.05) is 31.6 Å². The third kappa shape index (κ3) is 3.39. The number of hydrogen-bond acceptors (Lipinski definition) is 5. The van der Waals surface area contributed by atoms with Crippen molar-refractivity contribution < 1.29 is 14.3 Å². The molecule has 4 rings (SSSR count). The van der Waals surface area contributed by atoms with Crippen LogP contribution in [0.4, 0.5) is 5.69 Å². The molecule has 1 fully saturated rings. The van der Waals surface area contributed by atoms with Crippen LogP contribution in [0.5, 0.6) is 0 Å². The van der Waals surface area contributed by atoms with Crippen molar-refractivity contribution in [2.45, 2.75) is 0 Å². The fourth-order valence-corrected chi connectivity index (χ4v) is 3.05. The molecule has 8 nitrogen and oxygen atoms in total. The van der Waals surface area contributed by atoms with Gasteiger partial charge in [-0.1, -0.05) is 0 Å². The second-order valence-electron chi connectivity index (χ2n) is 6.32. The number of anilines is 1. The van der Waals surface area contributed by atoms with Gasteiger partial charge in [0.2, 0.25) is 0 Å². The number of fused-ring (bicyclic) bond motifs is 1. The molecule has 3 heterocycles. The number of carbonyl (C=O) groups excluding carboxylic acids is 2. The lowest BCUT2D eigenvalue weighted by atomic mass is 10.1. The van der Waals surface area contributed by atoms with Crippen molar-refractivity contribution in [3.63, 3.8) is 0 Å². The molecule has 1 aliphatic rings. The van der Waals surface area contributed by atoms with Gasteiger partial charge in [-0.15, -0.1) is 0 Å². The second-order valence-corrected chi connectivity index (χ2v) is 6.32. The molecule has 8 heteroatoms. The minimum absolute atomic E-state index is 0.0273. The maximum Gasteiger partial charge on any atom is 0.258 e. The number of carbonyl (C=O) groups is 2. The third-order valence-corrected chi connectivity index (χ3v) is 4.53. The Balaban J connectivity index is 1.49. The average Bonchev–Trinajstić information content (AvgIpc) is 3.10. The van der Waals surface area contributed by atoms with Crippen LogP contribution < -0.4 is 5.32 Å². The predicted octanol–water partition coefficient (Wildman–Crippen LogP) is 1.69. The molecule has 0 atom stereocenters. The highest BCUT2D eigenvalue weighted by Crippen LogP contribution is 2.17. The quantitative estimate of drug-likeness (QED) is 0.763. The lowest BCUT2D eigenvalue weighted by Crippen LogP contribution is -2.40. The van der Waals surface area contributed by atoms with Gasteiger partial charge in [0.25, 0.3) is 11.8 Å². The monoisotopic (exact) mass is 365 g/mol. The van der Waals surface area contributed by atoms with Crippen molar-refractivity contribution in [3.8, 4) is 0 Å². The first-order valence-electron chi connectivity index (χ1n) is 8.68. The number of aryl methyl sites for hydroxylation is 1. The molecule has 0 saturated carbocycles. The summed E-state index contributed by atoms with van der Waals surface area (Å²) in [5, 5.41) is 2.84. The average molecular weight is 365 g/mol. The van der Waals surface area contributed by atoms with Gasteiger partial charge >= 0.3 is 0 Å². The second kappa shape index (κ2) is 7.16. The Morgan fingerprint density at radius 1 is 1.07 bits per heavy atom. The topological polar surface area (TPSA) is 89.4 Å². The van der Waals surface area contributed by atoms with Crippen molar-refractivity contribution >= 4 is 28.7 Å². The molecule has 0 radical (unpaired) electrons. The van der Waals surface area contributed by atoms with Gasteiger partial charge in [0.05, 0.1) is 25.1 Å². The number of rotatable bonds is 3. The van der Waals surface area contributed by atoms with E-state index in [0.717, 1.165) is 0 Å². The number of morpholine rings is 1. The number of amides is 2. The number of hydrogen-bond donors (Lipinski definition) is 1. The van der Waals surface area contributed by atoms with Crippen LogP contribution in [-0.2, 0) is 11.8 Å². The van der Waals surface area contributed by atoms with Crippen LogP contribution in [0.2, 0.25) is 0 Å². The number of pyridine rings is 1. The van der Waals surface area contributed by atoms with Gasteiger partial charge in [0.15, 0.2) is 5.65 Å². The summed E-state index contributed by atoms with van der Waals surface area (Å²) in [6.45, 7) is 2.32. The van der Waals surface area contributed by atoms with Crippen LogP contribution in [0, 0.1) is 0 Å². The molecule has 2 amide bonds. The Labute approximate surface area is 155 Å². The Bertz CT molecular complexity index is 990. The zero-order valence-electron chi connectivity index (χ0n) is 14.9. The van der Waals surface area contributed by atoms with E-state index in [2.05, 4.69) is 15.3 Å². The van der Waals surface area contributed by atoms with E-state index in [4.69, 9.17) is 4.74 Å². The number of nitrogens with zero attached hydrogens (tertiary/aromatic N) is 4. The lowest BCUT2D eigenvalue weighted by molar-refractivity contribution is 0.0303. The largest absolute Gasteiger partial charge is 0.378 e. The minimum Gasteiger partial charge on any atom is -0.378 e. The number of ether oxygens (including phenoxy) is 1. The molecule has 1 aliphatic heterocycles. The van der Waals surface area contributed by atoms with E-state index in [1.165, 1.54) is 0 Å². The van der Waals surface area contributed by atoms with Gasteiger partial charge in [-0.2, -0.15) is 0 Å². The summed E-state index contributed by atoms with van der Waals surface area (Å²) in [5.41, 5.74) is 2.85. The summed E-state index contributed by atoms with van der Waals surface area (Å²) in [4.78, 5) is 35.3. The van der Waals surface area contributed by atoms with E-state index in [1.54, 1.807) is 52.3 Å². The fraction of sp³-hybridized carbons (Fsp3) is 0.263. The molecule has 0 aliphatic carbocycles. The van der Waals surface area contributed by atoms with E-state index in [0.29, 0.717) is 54.3 Å². The molecule has 3 aromatic rings. The highest BCUT2D eigenvalue weighted by atomic mass is 16.5. The molecular formula is C19H19N5O3. The first-order chi connectivity index (χ1) is 13.1. The van der Waals surface area contributed by atoms with Crippen molar-refractivity contribution in [2.24, 2.45) is 7.05 Å². The molecular weight excluding hydrogens is 346 g/mol. The van der Waals surface area contributed by atoms with E-state index in [9.17, 15) is 9.59 Å². The van der Waals surface area contributed by atoms with E-state index >= 15 is 0 Å². The summed E-state index contributed by atoms with van der Waals surface area (Å²) in [7, 11) is 1.83. The van der Waals surface area contributed by atoms with Crippen LogP contribution >= 0.6 is 0 Å². The number of benzene rings is 1. The molecule has 0 bridgehead atoms. The summed E-state index contributed by atoms with van der Waals surface area (Å²) >= 11 is 0. The maximum atomic E-state index is 12.6. The standard InChI is InChI=1S/C19H19N5O3/c1-23-12-21-16-15(6-7-20-17(16)23)18(25)22-14-4-2-13(3-5-14)19(26)24-8-10-27-11-9-24/h2-7,12H,8-11H2,1H3,(H,22,25). The normalized spacial score (nSPS) is 14.3. The minimum atomic E-state index is -0.270. The number of aromatic nitrogens is 3. The SMILES string of the molecule is Cn1cnc2c(C(=O)Nc3ccc(C(=O)N4CCOCC4)cc3)ccnc21. The van der Waals surface area contributed by atoms with Crippen molar-refractivity contribution in [1.82, 2.24) is 19.4 Å². The van der Waals surface area contributed by atoms with Crippen molar-refractivity contribution in [3.05, 3.63) is 54.0 Å². The van der Waals surface area contributed by atoms with Crippen LogP contribution in [0.25, 0.3) is 11.2 Å². The Kier molecular flexibility index (Phi) is 4.55. The molecule has 0 unspecified atom stereocenters. The highest BCUT2D eigenvalue weighted by molar-refractivity contribution is 6.11. The Morgan fingerprint density at radius 3 is 2.56 bits per heavy atom. The number of nitrogens with one attached hydrogen (secondary N) is 1. The third-order valence-electron chi connectivity index (χ3n) is 4.53. The van der Waals surface area contributed by atoms with Crippen molar-refractivity contribution in [1.29, 1.82) is 0 Å². The molecule has 1 N–H and O–H groups in total. The van der Waals surface area contributed by atoms with Crippen LogP contribution in [0.15, 0.2) is 42.9 Å². The van der Waals surface area contributed by atoms with Crippen LogP contribution in [-0.4, -0.2) is 57.6 Å². The summed E-state index contributed by atoms with van der Waals surface area (Å²) in [6.07, 6.45) is 3.21. The fourth-order valence-electron chi connectivity index (χ4n) is 3.05. The molecule has 1 saturated heterocycles. The molecule has 2 aromatic heterocycles. The van der Waals surface area contributed by atoms with Gasteiger partial charge in [-0.3, -0.25) is 9.59 Å². The van der Waals surface area contributed by atoms with Crippen LogP contribution in [0.1, 0.15) is 20.7 Å². The van der Waals surface area contributed by atoms with Gasteiger partial charge in [-0.25, -0.2) is 9.97 Å². The zero-order valence-corrected chi connectivity index (χ0v) is 14.9. The van der Waals surface area contributed by atoms with Crippen LogP contribution in [0.3, 0.4) is 0 Å². The highest BCUT2D eigenvalue weighted by Gasteiger charge is 2.19. The lowest BCUT2D eigenvalue weighted by Gasteiger charge is -2.26. The first kappa shape index (κ1) is 17.2. The van der Waals surface area contributed by atoms with E-state index in [-0.39, 0.29) is 11.8 Å². The molecule has 27 heavy (non-hydrogen) atoms. The van der Waals surface area contributed by atoms with E-state index in [1.807, 2.05) is 7.05 Å². The first-order valence-corrected chi connectivity index (χ1v) is 8.68. The number of imidazole rings is 1. The maximum absolute atomic E-state index is 12.6. The van der Waals surface area contributed by atoms with Gasteiger partial charge in [0, 0.05) is 37.6 Å². The van der Waals surface area contributed by atoms with Gasteiger partial charge in [-0.05, 0) is 30.3 Å².